The van der Waals surface area contributed by atoms with Crippen LogP contribution < -0.4 is 10.6 Å². The molecule has 1 aliphatic heterocycles. The highest BCUT2D eigenvalue weighted by Gasteiger charge is 2.23. The summed E-state index contributed by atoms with van der Waals surface area (Å²) < 4.78 is 1.85. The van der Waals surface area contributed by atoms with Gasteiger partial charge in [-0.2, -0.15) is 5.10 Å². The number of hydrogen-bond acceptors (Lipinski definition) is 4. The number of aliphatic hydroxyl groups is 1. The highest BCUT2D eigenvalue weighted by molar-refractivity contribution is 5.85. The lowest BCUT2D eigenvalue weighted by atomic mass is 10.1. The first-order chi connectivity index (χ1) is 9.83. The Kier molecular flexibility index (Phi) is 5.76. The summed E-state index contributed by atoms with van der Waals surface area (Å²) in [5, 5.41) is 20.5. The first kappa shape index (κ1) is 16.0. The molecule has 2 unspecified atom stereocenters. The minimum absolute atomic E-state index is 0. The Labute approximate surface area is 130 Å². The van der Waals surface area contributed by atoms with E-state index in [4.69, 9.17) is 0 Å². The number of aromatic nitrogens is 2. The molecule has 1 aliphatic rings. The van der Waals surface area contributed by atoms with Gasteiger partial charge >= 0.3 is 0 Å². The minimum Gasteiger partial charge on any atom is -0.391 e. The maximum atomic E-state index is 9.72. The van der Waals surface area contributed by atoms with Gasteiger partial charge in [-0.15, -0.1) is 12.4 Å². The molecule has 3 rings (SSSR count). The normalized spacial score (nSPS) is 21.2. The Morgan fingerprint density at radius 1 is 1.29 bits per heavy atom. The van der Waals surface area contributed by atoms with E-state index in [0.29, 0.717) is 12.5 Å². The number of hydrogen-bond donors (Lipinski definition) is 3. The summed E-state index contributed by atoms with van der Waals surface area (Å²) >= 11 is 0. The van der Waals surface area contributed by atoms with Gasteiger partial charge in [0.1, 0.15) is 0 Å². The molecule has 0 saturated carbocycles. The maximum Gasteiger partial charge on any atom is 0.0716 e. The van der Waals surface area contributed by atoms with E-state index in [1.807, 2.05) is 16.9 Å². The number of nitrogens with one attached hydrogen (secondary N) is 2. The second kappa shape index (κ2) is 7.56. The Hall–Kier alpha value is -1.40. The third-order valence-corrected chi connectivity index (χ3v) is 3.75. The molecule has 2 aromatic rings. The van der Waals surface area contributed by atoms with Crippen LogP contribution in [-0.2, 0) is 6.54 Å². The van der Waals surface area contributed by atoms with Gasteiger partial charge in [-0.3, -0.25) is 0 Å². The molecule has 21 heavy (non-hydrogen) atoms. The van der Waals surface area contributed by atoms with Crippen molar-refractivity contribution in [1.82, 2.24) is 20.4 Å². The van der Waals surface area contributed by atoms with E-state index < -0.39 is 0 Å². The predicted octanol–water partition coefficient (Wildman–Crippen LogP) is 0.964. The highest BCUT2D eigenvalue weighted by Crippen LogP contribution is 2.10. The van der Waals surface area contributed by atoms with Crippen molar-refractivity contribution in [1.29, 1.82) is 0 Å². The summed E-state index contributed by atoms with van der Waals surface area (Å²) in [6.07, 6.45) is 3.49. The molecule has 1 fully saturated rings. The van der Waals surface area contributed by atoms with E-state index in [2.05, 4.69) is 40.0 Å². The van der Waals surface area contributed by atoms with Crippen molar-refractivity contribution >= 4 is 12.4 Å². The first-order valence-electron chi connectivity index (χ1n) is 7.01. The zero-order valence-electron chi connectivity index (χ0n) is 11.8. The lowest BCUT2D eigenvalue weighted by Crippen LogP contribution is -2.30. The monoisotopic (exact) mass is 308 g/mol. The van der Waals surface area contributed by atoms with E-state index in [1.165, 1.54) is 5.56 Å². The van der Waals surface area contributed by atoms with Crippen molar-refractivity contribution in [3.05, 3.63) is 48.3 Å². The zero-order valence-corrected chi connectivity index (χ0v) is 12.6. The molecule has 0 radical (unpaired) electrons. The van der Waals surface area contributed by atoms with Gasteiger partial charge < -0.3 is 15.7 Å². The molecular formula is C15H21ClN4O. The summed E-state index contributed by atoms with van der Waals surface area (Å²) in [5.41, 5.74) is 2.30. The van der Waals surface area contributed by atoms with Crippen LogP contribution in [0.3, 0.4) is 0 Å². The van der Waals surface area contributed by atoms with E-state index in [-0.39, 0.29) is 18.5 Å². The van der Waals surface area contributed by atoms with Crippen LogP contribution in [0.1, 0.15) is 5.56 Å². The summed E-state index contributed by atoms with van der Waals surface area (Å²) in [6, 6.07) is 10.3. The van der Waals surface area contributed by atoms with Gasteiger partial charge in [0.25, 0.3) is 0 Å². The average molecular weight is 309 g/mol. The van der Waals surface area contributed by atoms with Crippen LogP contribution in [0.15, 0.2) is 42.7 Å². The van der Waals surface area contributed by atoms with E-state index in [1.54, 1.807) is 6.20 Å². The molecule has 1 aromatic heterocycles. The molecule has 0 aliphatic carbocycles. The smallest absolute Gasteiger partial charge is 0.0716 e. The van der Waals surface area contributed by atoms with Crippen LogP contribution in [0, 0.1) is 5.92 Å². The summed E-state index contributed by atoms with van der Waals surface area (Å²) in [4.78, 5) is 0. The van der Waals surface area contributed by atoms with Crippen molar-refractivity contribution in [2.24, 2.45) is 5.92 Å². The third kappa shape index (κ3) is 4.04. The van der Waals surface area contributed by atoms with Gasteiger partial charge in [-0.25, -0.2) is 4.68 Å². The quantitative estimate of drug-likeness (QED) is 0.770. The number of halogens is 1. The molecule has 0 spiro atoms. The molecule has 0 bridgehead atoms. The predicted molar refractivity (Wildman–Crippen MR) is 84.9 cm³/mol. The third-order valence-electron chi connectivity index (χ3n) is 3.75. The molecule has 1 aromatic carbocycles. The lowest BCUT2D eigenvalue weighted by molar-refractivity contribution is 0.146. The molecule has 5 nitrogen and oxygen atoms in total. The maximum absolute atomic E-state index is 9.72. The molecule has 0 amide bonds. The van der Waals surface area contributed by atoms with Crippen LogP contribution >= 0.6 is 12.4 Å². The number of nitrogens with zero attached hydrogens (tertiary/aromatic N) is 2. The van der Waals surface area contributed by atoms with Gasteiger partial charge in [0.05, 0.1) is 11.8 Å². The van der Waals surface area contributed by atoms with Crippen molar-refractivity contribution in [3.8, 4) is 5.69 Å². The van der Waals surface area contributed by atoms with Gasteiger partial charge in [-0.05, 0) is 23.8 Å². The van der Waals surface area contributed by atoms with Crippen LogP contribution in [0.25, 0.3) is 5.69 Å². The fourth-order valence-corrected chi connectivity index (χ4v) is 2.52. The zero-order chi connectivity index (χ0) is 13.8. The number of benzene rings is 1. The van der Waals surface area contributed by atoms with Crippen molar-refractivity contribution in [3.63, 3.8) is 0 Å². The molecule has 2 heterocycles. The largest absolute Gasteiger partial charge is 0.391 e. The second-order valence-electron chi connectivity index (χ2n) is 5.23. The van der Waals surface area contributed by atoms with Crippen LogP contribution in [0.4, 0.5) is 0 Å². The number of rotatable bonds is 5. The van der Waals surface area contributed by atoms with Crippen molar-refractivity contribution in [2.45, 2.75) is 12.6 Å². The highest BCUT2D eigenvalue weighted by atomic mass is 35.5. The SMILES string of the molecule is Cl.OC1CNCC1CNCc1ccc(-n2cccn2)cc1. The van der Waals surface area contributed by atoms with Gasteiger partial charge in [0, 0.05) is 44.5 Å². The van der Waals surface area contributed by atoms with Crippen molar-refractivity contribution in [2.75, 3.05) is 19.6 Å². The van der Waals surface area contributed by atoms with E-state index >= 15 is 0 Å². The molecule has 114 valence electrons. The Morgan fingerprint density at radius 3 is 2.71 bits per heavy atom. The van der Waals surface area contributed by atoms with E-state index in [0.717, 1.165) is 25.3 Å². The minimum atomic E-state index is -0.218. The number of β-amino-alcohol motifs (C(OH)–C–C–N with tert-alkyl or cyclic N) is 1. The van der Waals surface area contributed by atoms with Gasteiger partial charge in [-0.1, -0.05) is 12.1 Å². The van der Waals surface area contributed by atoms with Crippen molar-refractivity contribution < 1.29 is 5.11 Å². The average Bonchev–Trinajstić information content (AvgIpc) is 3.12. The van der Waals surface area contributed by atoms with Crippen LogP contribution in [-0.4, -0.2) is 40.6 Å². The van der Waals surface area contributed by atoms with Crippen LogP contribution in [0.5, 0.6) is 0 Å². The Morgan fingerprint density at radius 2 is 2.10 bits per heavy atom. The topological polar surface area (TPSA) is 62.1 Å². The lowest BCUT2D eigenvalue weighted by Gasteiger charge is -2.14. The first-order valence-corrected chi connectivity index (χ1v) is 7.01. The fourth-order valence-electron chi connectivity index (χ4n) is 2.52. The number of aliphatic hydroxyl groups excluding tert-OH is 1. The van der Waals surface area contributed by atoms with Gasteiger partial charge in [0.2, 0.25) is 0 Å². The Bertz CT molecular complexity index is 529. The summed E-state index contributed by atoms with van der Waals surface area (Å²) in [5.74, 6) is 0.318. The molecule has 2 atom stereocenters. The second-order valence-corrected chi connectivity index (χ2v) is 5.23. The van der Waals surface area contributed by atoms with E-state index in [9.17, 15) is 5.11 Å². The fraction of sp³-hybridized carbons (Fsp3) is 0.400. The van der Waals surface area contributed by atoms with Crippen LogP contribution in [0.2, 0.25) is 0 Å². The molecule has 3 N–H and O–H groups in total. The Balaban J connectivity index is 0.00000161. The standard InChI is InChI=1S/C15H20N4O.ClH/c20-15-11-17-10-13(15)9-16-8-12-2-4-14(5-3-12)19-7-1-6-18-19;/h1-7,13,15-17,20H,8-11H2;1H. The van der Waals surface area contributed by atoms with Gasteiger partial charge in [0.15, 0.2) is 0 Å². The molecule has 1 saturated heterocycles. The molecular weight excluding hydrogens is 288 g/mol. The molecule has 6 heteroatoms. The summed E-state index contributed by atoms with van der Waals surface area (Å²) in [6.45, 7) is 3.27. The summed E-state index contributed by atoms with van der Waals surface area (Å²) in [7, 11) is 0.